The van der Waals surface area contributed by atoms with Gasteiger partial charge in [-0.25, -0.2) is 9.79 Å². The second kappa shape index (κ2) is 13.0. The fourth-order valence-electron chi connectivity index (χ4n) is 4.75. The van der Waals surface area contributed by atoms with Crippen molar-refractivity contribution in [1.82, 2.24) is 4.57 Å². The van der Waals surface area contributed by atoms with Crippen LogP contribution in [0.3, 0.4) is 0 Å². The first kappa shape index (κ1) is 30.3. The summed E-state index contributed by atoms with van der Waals surface area (Å²) in [4.78, 5) is 32.3. The third-order valence-electron chi connectivity index (χ3n) is 6.71. The molecule has 0 amide bonds. The SMILES string of the molecule is CCC1=C(C(=O)OC)[C@H](c2ccccc2)n2c(s/c(=C/c3cc(I)cc(OC)c3OCc3ccc(Cl)cc3Cl)c2=O)=N1. The van der Waals surface area contributed by atoms with Gasteiger partial charge in [0.2, 0.25) is 0 Å². The van der Waals surface area contributed by atoms with Crippen molar-refractivity contribution < 1.29 is 19.0 Å². The minimum Gasteiger partial charge on any atom is -0.493 e. The first-order valence-corrected chi connectivity index (χ1v) is 15.5. The van der Waals surface area contributed by atoms with Crippen LogP contribution in [-0.4, -0.2) is 24.8 Å². The zero-order valence-corrected chi connectivity index (χ0v) is 27.3. The molecule has 0 N–H and O–H groups in total. The van der Waals surface area contributed by atoms with Crippen LogP contribution in [0.25, 0.3) is 6.08 Å². The number of carbonyl (C=O) groups is 1. The maximum absolute atomic E-state index is 14.1. The van der Waals surface area contributed by atoms with Crippen LogP contribution in [0.2, 0.25) is 10.0 Å². The average Bonchev–Trinajstić information content (AvgIpc) is 3.30. The molecular formula is C31H25Cl2IN2O5S. The maximum atomic E-state index is 14.1. The average molecular weight is 735 g/mol. The molecule has 11 heteroatoms. The van der Waals surface area contributed by atoms with E-state index in [4.69, 9.17) is 42.4 Å². The molecular weight excluding hydrogens is 710 g/mol. The summed E-state index contributed by atoms with van der Waals surface area (Å²) in [6.07, 6.45) is 2.26. The molecule has 5 rings (SSSR count). The molecule has 1 aromatic heterocycles. The van der Waals surface area contributed by atoms with Gasteiger partial charge >= 0.3 is 5.97 Å². The van der Waals surface area contributed by atoms with Gasteiger partial charge in [-0.15, -0.1) is 0 Å². The van der Waals surface area contributed by atoms with Crippen molar-refractivity contribution in [1.29, 1.82) is 0 Å². The number of nitrogens with zero attached hydrogens (tertiary/aromatic N) is 2. The summed E-state index contributed by atoms with van der Waals surface area (Å²) in [5.74, 6) is 0.450. The fourth-order valence-corrected chi connectivity index (χ4v) is 6.84. The number of aromatic nitrogens is 1. The van der Waals surface area contributed by atoms with Gasteiger partial charge in [0.25, 0.3) is 5.56 Å². The predicted molar refractivity (Wildman–Crippen MR) is 173 cm³/mol. The van der Waals surface area contributed by atoms with Gasteiger partial charge in [0, 0.05) is 24.7 Å². The minimum absolute atomic E-state index is 0.158. The zero-order valence-electron chi connectivity index (χ0n) is 22.8. The van der Waals surface area contributed by atoms with E-state index in [9.17, 15) is 9.59 Å². The van der Waals surface area contributed by atoms with Crippen molar-refractivity contribution >= 4 is 69.2 Å². The van der Waals surface area contributed by atoms with Crippen molar-refractivity contribution in [2.24, 2.45) is 4.99 Å². The topological polar surface area (TPSA) is 79.1 Å². The van der Waals surface area contributed by atoms with Gasteiger partial charge in [-0.05, 0) is 64.9 Å². The Bertz CT molecular complexity index is 1890. The summed E-state index contributed by atoms with van der Waals surface area (Å²) in [5.41, 5.74) is 2.83. The van der Waals surface area contributed by atoms with E-state index in [1.54, 1.807) is 36.0 Å². The Hall–Kier alpha value is -3.12. The van der Waals surface area contributed by atoms with Crippen LogP contribution >= 0.6 is 57.1 Å². The van der Waals surface area contributed by atoms with E-state index in [1.807, 2.05) is 49.4 Å². The number of carbonyl (C=O) groups excluding carboxylic acids is 1. The van der Waals surface area contributed by atoms with Crippen LogP contribution in [-0.2, 0) is 16.1 Å². The largest absolute Gasteiger partial charge is 0.493 e. The van der Waals surface area contributed by atoms with E-state index < -0.39 is 12.0 Å². The summed E-state index contributed by atoms with van der Waals surface area (Å²) in [5, 5.41) is 1.01. The van der Waals surface area contributed by atoms with Gasteiger partial charge in [0.15, 0.2) is 16.3 Å². The van der Waals surface area contributed by atoms with Gasteiger partial charge in [-0.1, -0.05) is 77.9 Å². The first-order chi connectivity index (χ1) is 20.2. The van der Waals surface area contributed by atoms with Gasteiger partial charge in [0.05, 0.1) is 36.1 Å². The number of fused-ring (bicyclic) bond motifs is 1. The Morgan fingerprint density at radius 1 is 1.12 bits per heavy atom. The summed E-state index contributed by atoms with van der Waals surface area (Å²) in [7, 11) is 2.89. The first-order valence-electron chi connectivity index (χ1n) is 12.9. The van der Waals surface area contributed by atoms with Gasteiger partial charge < -0.3 is 14.2 Å². The molecule has 0 unspecified atom stereocenters. The molecule has 2 heterocycles. The normalized spacial score (nSPS) is 14.8. The molecule has 1 aliphatic heterocycles. The van der Waals surface area contributed by atoms with E-state index in [2.05, 4.69) is 22.6 Å². The molecule has 0 saturated heterocycles. The predicted octanol–water partition coefficient (Wildman–Crippen LogP) is 6.30. The molecule has 7 nitrogen and oxygen atoms in total. The Balaban J connectivity index is 1.68. The van der Waals surface area contributed by atoms with Crippen LogP contribution in [0.4, 0.5) is 0 Å². The number of thiazole rings is 1. The van der Waals surface area contributed by atoms with Crippen LogP contribution in [0.15, 0.2) is 81.7 Å². The van der Waals surface area contributed by atoms with Crippen LogP contribution in [0.5, 0.6) is 11.5 Å². The van der Waals surface area contributed by atoms with Crippen molar-refractivity contribution in [2.45, 2.75) is 26.0 Å². The van der Waals surface area contributed by atoms with Gasteiger partial charge in [-0.3, -0.25) is 9.36 Å². The number of rotatable bonds is 8. The molecule has 42 heavy (non-hydrogen) atoms. The number of hydrogen-bond donors (Lipinski definition) is 0. The molecule has 0 saturated carbocycles. The maximum Gasteiger partial charge on any atom is 0.338 e. The molecule has 216 valence electrons. The summed E-state index contributed by atoms with van der Waals surface area (Å²) < 4.78 is 19.9. The van der Waals surface area contributed by atoms with Crippen molar-refractivity contribution in [3.05, 3.63) is 122 Å². The lowest BCUT2D eigenvalue weighted by Gasteiger charge is -2.25. The smallest absolute Gasteiger partial charge is 0.338 e. The van der Waals surface area contributed by atoms with Crippen molar-refractivity contribution in [2.75, 3.05) is 14.2 Å². The monoisotopic (exact) mass is 734 g/mol. The Kier molecular flexibility index (Phi) is 9.41. The molecule has 4 aromatic rings. The molecule has 0 aliphatic carbocycles. The van der Waals surface area contributed by atoms with Crippen LogP contribution in [0, 0.1) is 3.57 Å². The summed E-state index contributed by atoms with van der Waals surface area (Å²) in [6.45, 7) is 2.08. The highest BCUT2D eigenvalue weighted by atomic mass is 127. The molecule has 0 radical (unpaired) electrons. The van der Waals surface area contributed by atoms with Crippen molar-refractivity contribution in [3.8, 4) is 11.5 Å². The fraction of sp³-hybridized carbons (Fsp3) is 0.194. The highest BCUT2D eigenvalue weighted by Gasteiger charge is 2.33. The second-order valence-corrected chi connectivity index (χ2v) is 12.3. The standard InChI is InChI=1S/C31H25Cl2IN2O5S/c1-4-23-26(30(38)40-3)27(17-8-6-5-7-9-17)36-29(37)25(42-31(36)35-23)13-19-12-21(34)15-24(39-2)28(19)41-16-18-10-11-20(32)14-22(18)33/h5-15,27H,4,16H2,1-3H3/b25-13+/t27-/m0/s1. The van der Waals surface area contributed by atoms with Gasteiger partial charge in [-0.2, -0.15) is 0 Å². The Labute approximate surface area is 269 Å². The number of benzene rings is 3. The van der Waals surface area contributed by atoms with Crippen LogP contribution in [0.1, 0.15) is 36.1 Å². The molecule has 3 aromatic carbocycles. The Morgan fingerprint density at radius 3 is 2.55 bits per heavy atom. The number of halogens is 3. The lowest BCUT2D eigenvalue weighted by molar-refractivity contribution is -0.136. The lowest BCUT2D eigenvalue weighted by Crippen LogP contribution is -2.40. The summed E-state index contributed by atoms with van der Waals surface area (Å²) in [6, 6.07) is 17.7. The minimum atomic E-state index is -0.680. The third-order valence-corrected chi connectivity index (χ3v) is 8.90. The van der Waals surface area contributed by atoms with Crippen LogP contribution < -0.4 is 24.4 Å². The molecule has 1 aliphatic rings. The molecule has 0 bridgehead atoms. The second-order valence-electron chi connectivity index (χ2n) is 9.25. The van der Waals surface area contributed by atoms with E-state index in [1.165, 1.54) is 18.4 Å². The highest BCUT2D eigenvalue weighted by molar-refractivity contribution is 14.1. The number of ether oxygens (including phenoxy) is 3. The summed E-state index contributed by atoms with van der Waals surface area (Å²) >= 11 is 15.9. The van der Waals surface area contributed by atoms with E-state index in [0.717, 1.165) is 14.7 Å². The molecule has 0 spiro atoms. The van der Waals surface area contributed by atoms with E-state index in [0.29, 0.717) is 54.1 Å². The number of allylic oxidation sites excluding steroid dienone is 1. The quantitative estimate of drug-likeness (QED) is 0.157. The lowest BCUT2D eigenvalue weighted by atomic mass is 9.95. The molecule has 1 atom stereocenters. The van der Waals surface area contributed by atoms with E-state index >= 15 is 0 Å². The van der Waals surface area contributed by atoms with Gasteiger partial charge in [0.1, 0.15) is 6.61 Å². The molecule has 0 fully saturated rings. The van der Waals surface area contributed by atoms with Crippen molar-refractivity contribution in [3.63, 3.8) is 0 Å². The number of hydrogen-bond acceptors (Lipinski definition) is 7. The van der Waals surface area contributed by atoms with E-state index in [-0.39, 0.29) is 12.2 Å². The highest BCUT2D eigenvalue weighted by Crippen LogP contribution is 2.36. The third kappa shape index (κ3) is 6.01. The Morgan fingerprint density at radius 2 is 1.88 bits per heavy atom. The number of methoxy groups -OCH3 is 2. The zero-order chi connectivity index (χ0) is 30.0. The number of esters is 1.